The third kappa shape index (κ3) is 1.90. The molecule has 106 valence electrons. The fourth-order valence-corrected chi connectivity index (χ4v) is 4.61. The molecule has 1 aliphatic rings. The average Bonchev–Trinajstić information content (AvgIpc) is 3.11. The Morgan fingerprint density at radius 3 is 2.35 bits per heavy atom. The van der Waals surface area contributed by atoms with Crippen molar-refractivity contribution in [1.82, 2.24) is 0 Å². The van der Waals surface area contributed by atoms with Gasteiger partial charge >= 0.3 is 5.97 Å². The molecule has 1 saturated carbocycles. The molecule has 3 atom stereocenters. The standard InChI is InChI=1S/C14H15NO4S/c1-3-20(18,19)12-11(14(12,8-15)13(16)17)10-6-4-9(2)5-7-10/h4-7,11-12H,3H2,1-2H3,(H,16,17)/t11-,12-,14+/m0/s1. The third-order valence-corrected chi connectivity index (χ3v) is 6.12. The highest BCUT2D eigenvalue weighted by atomic mass is 32.2. The highest BCUT2D eigenvalue weighted by Gasteiger charge is 2.76. The maximum atomic E-state index is 12.1. The number of nitrogens with zero attached hydrogens (tertiary/aromatic N) is 1. The summed E-state index contributed by atoms with van der Waals surface area (Å²) in [5.74, 6) is -2.33. The van der Waals surface area contributed by atoms with Crippen molar-refractivity contribution in [2.45, 2.75) is 25.0 Å². The molecule has 5 nitrogen and oxygen atoms in total. The Balaban J connectivity index is 2.54. The van der Waals surface area contributed by atoms with Crippen LogP contribution in [0.4, 0.5) is 0 Å². The minimum Gasteiger partial charge on any atom is -0.480 e. The number of rotatable bonds is 4. The fraction of sp³-hybridized carbons (Fsp3) is 0.429. The summed E-state index contributed by atoms with van der Waals surface area (Å²) in [6, 6.07) is 8.69. The summed E-state index contributed by atoms with van der Waals surface area (Å²) in [5.41, 5.74) is -0.284. The minimum atomic E-state index is -3.60. The van der Waals surface area contributed by atoms with Gasteiger partial charge in [-0.05, 0) is 12.5 Å². The molecule has 0 aromatic heterocycles. The zero-order chi connectivity index (χ0) is 15.1. The number of aliphatic carboxylic acids is 1. The van der Waals surface area contributed by atoms with E-state index in [4.69, 9.17) is 0 Å². The Bertz CT molecular complexity index is 687. The van der Waals surface area contributed by atoms with Crippen LogP contribution in [0, 0.1) is 23.7 Å². The highest BCUT2D eigenvalue weighted by molar-refractivity contribution is 7.92. The summed E-state index contributed by atoms with van der Waals surface area (Å²) in [6.45, 7) is 3.34. The molecule has 0 bridgehead atoms. The van der Waals surface area contributed by atoms with Gasteiger partial charge in [0.25, 0.3) is 0 Å². The van der Waals surface area contributed by atoms with Crippen molar-refractivity contribution < 1.29 is 18.3 Å². The van der Waals surface area contributed by atoms with Gasteiger partial charge in [-0.1, -0.05) is 36.8 Å². The SMILES string of the molecule is CCS(=O)(=O)[C@H]1[C@H](c2ccc(C)cc2)[C@@]1(C#N)C(=O)O. The number of carboxylic acid groups (broad SMARTS) is 1. The zero-order valence-electron chi connectivity index (χ0n) is 11.2. The second-order valence-corrected chi connectivity index (χ2v) is 7.46. The summed E-state index contributed by atoms with van der Waals surface area (Å²) in [5, 5.41) is 17.4. The molecule has 0 spiro atoms. The van der Waals surface area contributed by atoms with Crippen LogP contribution in [0.5, 0.6) is 0 Å². The maximum Gasteiger partial charge on any atom is 0.326 e. The number of hydrogen-bond acceptors (Lipinski definition) is 4. The predicted molar refractivity (Wildman–Crippen MR) is 72.9 cm³/mol. The summed E-state index contributed by atoms with van der Waals surface area (Å²) in [4.78, 5) is 11.5. The normalized spacial score (nSPS) is 28.6. The molecule has 0 saturated heterocycles. The molecule has 1 N–H and O–H groups in total. The van der Waals surface area contributed by atoms with Gasteiger partial charge in [0.05, 0.1) is 6.07 Å². The van der Waals surface area contributed by atoms with Gasteiger partial charge in [-0.2, -0.15) is 5.26 Å². The quantitative estimate of drug-likeness (QED) is 0.907. The molecule has 0 unspecified atom stereocenters. The van der Waals surface area contributed by atoms with Gasteiger partial charge in [0.2, 0.25) is 0 Å². The number of carbonyl (C=O) groups is 1. The summed E-state index contributed by atoms with van der Waals surface area (Å²) in [6.07, 6.45) is 0. The topological polar surface area (TPSA) is 95.2 Å². The Hall–Kier alpha value is -1.87. The van der Waals surface area contributed by atoms with Gasteiger partial charge < -0.3 is 5.11 Å². The van der Waals surface area contributed by atoms with Crippen molar-refractivity contribution in [3.8, 4) is 6.07 Å². The smallest absolute Gasteiger partial charge is 0.326 e. The average molecular weight is 293 g/mol. The van der Waals surface area contributed by atoms with Crippen LogP contribution in [0.3, 0.4) is 0 Å². The maximum absolute atomic E-state index is 12.1. The second-order valence-electron chi connectivity index (χ2n) is 5.05. The number of sulfone groups is 1. The molecule has 1 fully saturated rings. The molecule has 0 heterocycles. The molecule has 1 aliphatic carbocycles. The van der Waals surface area contributed by atoms with Crippen LogP contribution in [-0.4, -0.2) is 30.5 Å². The van der Waals surface area contributed by atoms with Crippen LogP contribution in [0.1, 0.15) is 24.0 Å². The van der Waals surface area contributed by atoms with Gasteiger partial charge in [-0.25, -0.2) is 8.42 Å². The van der Waals surface area contributed by atoms with Gasteiger partial charge in [0.1, 0.15) is 5.25 Å². The van der Waals surface area contributed by atoms with Crippen molar-refractivity contribution in [3.63, 3.8) is 0 Å². The number of benzene rings is 1. The number of aryl methyl sites for hydroxylation is 1. The Morgan fingerprint density at radius 2 is 1.95 bits per heavy atom. The van der Waals surface area contributed by atoms with E-state index < -0.39 is 32.4 Å². The Labute approximate surface area is 117 Å². The van der Waals surface area contributed by atoms with Crippen LogP contribution in [0.15, 0.2) is 24.3 Å². The number of hydrogen-bond donors (Lipinski definition) is 1. The number of nitriles is 1. The second kappa shape index (κ2) is 4.60. The van der Waals surface area contributed by atoms with Gasteiger partial charge in [0.15, 0.2) is 15.3 Å². The van der Waals surface area contributed by atoms with Crippen LogP contribution < -0.4 is 0 Å². The molecule has 2 rings (SSSR count). The van der Waals surface area contributed by atoms with E-state index in [1.165, 1.54) is 6.92 Å². The van der Waals surface area contributed by atoms with Gasteiger partial charge in [-0.3, -0.25) is 4.79 Å². The molecule has 0 amide bonds. The third-order valence-electron chi connectivity index (χ3n) is 3.90. The fourth-order valence-electron chi connectivity index (χ4n) is 2.67. The van der Waals surface area contributed by atoms with Crippen LogP contribution >= 0.6 is 0 Å². The summed E-state index contributed by atoms with van der Waals surface area (Å²) < 4.78 is 24.2. The monoisotopic (exact) mass is 293 g/mol. The van der Waals surface area contributed by atoms with Crippen molar-refractivity contribution in [1.29, 1.82) is 5.26 Å². The van der Waals surface area contributed by atoms with Gasteiger partial charge in [0, 0.05) is 11.7 Å². The molecular weight excluding hydrogens is 278 g/mol. The lowest BCUT2D eigenvalue weighted by Gasteiger charge is -2.02. The largest absolute Gasteiger partial charge is 0.480 e. The molecule has 20 heavy (non-hydrogen) atoms. The van der Waals surface area contributed by atoms with E-state index in [0.717, 1.165) is 5.56 Å². The minimum absolute atomic E-state index is 0.170. The van der Waals surface area contributed by atoms with E-state index in [1.807, 2.05) is 6.92 Å². The Kier molecular flexibility index (Phi) is 3.34. The number of carboxylic acids is 1. The van der Waals surface area contributed by atoms with Crippen molar-refractivity contribution in [2.24, 2.45) is 5.41 Å². The van der Waals surface area contributed by atoms with Crippen molar-refractivity contribution in [3.05, 3.63) is 35.4 Å². The van der Waals surface area contributed by atoms with Crippen LogP contribution in [-0.2, 0) is 14.6 Å². The first-order valence-electron chi connectivity index (χ1n) is 6.24. The summed E-state index contributed by atoms with van der Waals surface area (Å²) in [7, 11) is -3.60. The highest BCUT2D eigenvalue weighted by Crippen LogP contribution is 2.63. The lowest BCUT2D eigenvalue weighted by atomic mass is 10.00. The van der Waals surface area contributed by atoms with E-state index in [9.17, 15) is 23.6 Å². The first-order chi connectivity index (χ1) is 9.31. The van der Waals surface area contributed by atoms with Crippen LogP contribution in [0.25, 0.3) is 0 Å². The van der Waals surface area contributed by atoms with E-state index in [1.54, 1.807) is 30.3 Å². The van der Waals surface area contributed by atoms with E-state index in [-0.39, 0.29) is 5.75 Å². The molecule has 0 radical (unpaired) electrons. The lowest BCUT2D eigenvalue weighted by molar-refractivity contribution is -0.141. The first kappa shape index (κ1) is 14.5. The lowest BCUT2D eigenvalue weighted by Crippen LogP contribution is -2.23. The zero-order valence-corrected chi connectivity index (χ0v) is 12.0. The summed E-state index contributed by atoms with van der Waals surface area (Å²) >= 11 is 0. The molecule has 0 aliphatic heterocycles. The van der Waals surface area contributed by atoms with E-state index in [0.29, 0.717) is 5.56 Å². The Morgan fingerprint density at radius 1 is 1.40 bits per heavy atom. The van der Waals surface area contributed by atoms with Gasteiger partial charge in [-0.15, -0.1) is 0 Å². The predicted octanol–water partition coefficient (Wildman–Crippen LogP) is 1.49. The molecule has 6 heteroatoms. The van der Waals surface area contributed by atoms with E-state index >= 15 is 0 Å². The van der Waals surface area contributed by atoms with Crippen molar-refractivity contribution >= 4 is 15.8 Å². The van der Waals surface area contributed by atoms with Crippen molar-refractivity contribution in [2.75, 3.05) is 5.75 Å². The molecular formula is C14H15NO4S. The first-order valence-corrected chi connectivity index (χ1v) is 7.95. The molecule has 1 aromatic carbocycles. The van der Waals surface area contributed by atoms with E-state index in [2.05, 4.69) is 0 Å². The van der Waals surface area contributed by atoms with Crippen LogP contribution in [0.2, 0.25) is 0 Å². The molecule has 1 aromatic rings.